The number of allylic oxidation sites excluding steroid dienone is 3. The van der Waals surface area contributed by atoms with Crippen molar-refractivity contribution in [2.75, 3.05) is 13.1 Å². The first kappa shape index (κ1) is 27.0. The number of piperazine rings is 1. The number of H-pyrrole nitrogens is 1. The molecule has 3 atom stereocenters. The summed E-state index contributed by atoms with van der Waals surface area (Å²) >= 11 is 6.50. The van der Waals surface area contributed by atoms with Crippen molar-refractivity contribution in [2.45, 2.75) is 96.2 Å². The van der Waals surface area contributed by atoms with E-state index >= 15 is 0 Å². The summed E-state index contributed by atoms with van der Waals surface area (Å²) in [7, 11) is 0. The molecule has 4 N–H and O–H groups in total. The van der Waals surface area contributed by atoms with Gasteiger partial charge in [0.05, 0.1) is 11.0 Å². The van der Waals surface area contributed by atoms with Crippen molar-refractivity contribution in [1.82, 2.24) is 15.6 Å². The van der Waals surface area contributed by atoms with Gasteiger partial charge in [-0.05, 0) is 70.2 Å². The maximum atomic E-state index is 10.9. The average molecular weight is 486 g/mol. The first-order valence-corrected chi connectivity index (χ1v) is 13.0. The molecule has 0 aliphatic carbocycles. The van der Waals surface area contributed by atoms with Crippen molar-refractivity contribution in [3.8, 4) is 0 Å². The van der Waals surface area contributed by atoms with Crippen molar-refractivity contribution < 1.29 is 5.11 Å². The summed E-state index contributed by atoms with van der Waals surface area (Å²) in [6.07, 6.45) is 5.95. The second-order valence-corrected chi connectivity index (χ2v) is 12.4. The molecule has 0 saturated carbocycles. The van der Waals surface area contributed by atoms with E-state index in [0.717, 1.165) is 37.0 Å². The van der Waals surface area contributed by atoms with Gasteiger partial charge in [0.1, 0.15) is 0 Å². The van der Waals surface area contributed by atoms with E-state index in [1.165, 1.54) is 27.8 Å². The lowest BCUT2D eigenvalue weighted by Crippen LogP contribution is -2.54. The highest BCUT2D eigenvalue weighted by Gasteiger charge is 2.30. The van der Waals surface area contributed by atoms with Gasteiger partial charge in [-0.2, -0.15) is 0 Å². The molecule has 0 bridgehead atoms. The number of aromatic nitrogens is 1. The second-order valence-electron chi connectivity index (χ2n) is 11.5. The van der Waals surface area contributed by atoms with Gasteiger partial charge in [-0.15, -0.1) is 18.2 Å². The number of hydrogen-bond donors (Lipinski definition) is 4. The zero-order valence-electron chi connectivity index (χ0n) is 22.1. The van der Waals surface area contributed by atoms with Crippen LogP contribution < -0.4 is 10.6 Å². The highest BCUT2D eigenvalue weighted by atomic mass is 35.5. The highest BCUT2D eigenvalue weighted by Crippen LogP contribution is 2.36. The summed E-state index contributed by atoms with van der Waals surface area (Å²) in [5.41, 5.74) is 7.13. The minimum atomic E-state index is -0.699. The number of benzene rings is 1. The summed E-state index contributed by atoms with van der Waals surface area (Å²) in [5.74, 6) is 0. The van der Waals surface area contributed by atoms with Crippen molar-refractivity contribution in [3.05, 3.63) is 58.8 Å². The average Bonchev–Trinajstić information content (AvgIpc) is 3.12. The molecule has 1 aliphatic rings. The Balaban J connectivity index is 2.18. The van der Waals surface area contributed by atoms with Gasteiger partial charge in [-0.3, -0.25) is 0 Å². The van der Waals surface area contributed by atoms with Crippen molar-refractivity contribution in [2.24, 2.45) is 0 Å². The van der Waals surface area contributed by atoms with Crippen LogP contribution in [0.25, 0.3) is 10.9 Å². The molecule has 188 valence electrons. The van der Waals surface area contributed by atoms with Crippen LogP contribution in [0.5, 0.6) is 0 Å². The first-order chi connectivity index (χ1) is 15.8. The van der Waals surface area contributed by atoms with Gasteiger partial charge in [-0.25, -0.2) is 0 Å². The van der Waals surface area contributed by atoms with Crippen LogP contribution in [0, 0.1) is 0 Å². The van der Waals surface area contributed by atoms with Crippen LogP contribution in [0.1, 0.15) is 70.9 Å². The smallest absolute Gasteiger partial charge is 0.0767 e. The highest BCUT2D eigenvalue weighted by molar-refractivity contribution is 6.23. The molecule has 34 heavy (non-hydrogen) atoms. The molecule has 2 heterocycles. The minimum absolute atomic E-state index is 0.203. The summed E-state index contributed by atoms with van der Waals surface area (Å²) in [5, 5.41) is 19.5. The number of hydrogen-bond acceptors (Lipinski definition) is 3. The van der Waals surface area contributed by atoms with Gasteiger partial charge in [0, 0.05) is 53.6 Å². The van der Waals surface area contributed by atoms with Gasteiger partial charge in [0.15, 0.2) is 0 Å². The van der Waals surface area contributed by atoms with Crippen molar-refractivity contribution >= 4 is 22.5 Å². The van der Waals surface area contributed by atoms with Gasteiger partial charge in [-0.1, -0.05) is 37.6 Å². The molecule has 5 heteroatoms. The van der Waals surface area contributed by atoms with E-state index in [1.807, 2.05) is 19.9 Å². The van der Waals surface area contributed by atoms with Crippen LogP contribution in [-0.4, -0.2) is 46.2 Å². The fourth-order valence-electron chi connectivity index (χ4n) is 4.63. The number of aliphatic hydroxyl groups excluding tert-OH is 1. The van der Waals surface area contributed by atoms with E-state index in [9.17, 15) is 5.11 Å². The number of aromatic amines is 1. The third-order valence-corrected chi connectivity index (χ3v) is 7.39. The maximum Gasteiger partial charge on any atom is 0.0767 e. The van der Waals surface area contributed by atoms with E-state index in [1.54, 1.807) is 0 Å². The normalized spacial score (nSPS) is 20.4. The van der Waals surface area contributed by atoms with E-state index in [0.29, 0.717) is 18.5 Å². The Bertz CT molecular complexity index is 1030. The van der Waals surface area contributed by atoms with Gasteiger partial charge < -0.3 is 20.7 Å². The largest absolute Gasteiger partial charge is 0.391 e. The third kappa shape index (κ3) is 6.34. The molecule has 1 aromatic heterocycles. The van der Waals surface area contributed by atoms with Crippen LogP contribution >= 0.6 is 11.6 Å². The van der Waals surface area contributed by atoms with E-state index in [-0.39, 0.29) is 5.41 Å². The lowest BCUT2D eigenvalue weighted by Gasteiger charge is -2.30. The predicted molar refractivity (Wildman–Crippen MR) is 147 cm³/mol. The fraction of sp³-hybridized carbons (Fsp3) is 0.586. The standard InChI is InChI=1S/C29H44ClN3O/c1-9-28(5,6)27-24(15-22-17-31-19(4)16-32-22)23-13-20(11-10-18(2)3)12-21(26(23)33-27)14-25(34)29(7,8)30/h9-10,12-13,19,22,25,31-34H,1,11,14-17H2,2-8H3. The van der Waals surface area contributed by atoms with Crippen LogP contribution in [0.15, 0.2) is 36.4 Å². The number of halogens is 1. The lowest BCUT2D eigenvalue weighted by molar-refractivity contribution is 0.139. The van der Waals surface area contributed by atoms with E-state index in [2.05, 4.69) is 75.0 Å². The zero-order chi connectivity index (χ0) is 25.3. The molecule has 0 radical (unpaired) electrons. The molecule has 0 amide bonds. The molecule has 3 rings (SSSR count). The summed E-state index contributed by atoms with van der Waals surface area (Å²) < 4.78 is 0. The minimum Gasteiger partial charge on any atom is -0.391 e. The topological polar surface area (TPSA) is 60.1 Å². The zero-order valence-corrected chi connectivity index (χ0v) is 22.9. The lowest BCUT2D eigenvalue weighted by atomic mass is 9.84. The van der Waals surface area contributed by atoms with Crippen LogP contribution in [0.3, 0.4) is 0 Å². The van der Waals surface area contributed by atoms with E-state index in [4.69, 9.17) is 11.6 Å². The summed E-state index contributed by atoms with van der Waals surface area (Å²) in [6.45, 7) is 20.7. The van der Waals surface area contributed by atoms with Crippen LogP contribution in [-0.2, 0) is 24.7 Å². The monoisotopic (exact) mass is 485 g/mol. The van der Waals surface area contributed by atoms with Crippen LogP contribution in [0.2, 0.25) is 0 Å². The van der Waals surface area contributed by atoms with Crippen LogP contribution in [0.4, 0.5) is 0 Å². The molecule has 2 aromatic rings. The van der Waals surface area contributed by atoms with E-state index < -0.39 is 11.0 Å². The summed E-state index contributed by atoms with van der Waals surface area (Å²) in [4.78, 5) is 3.08. The number of alkyl halides is 1. The molecule has 3 unspecified atom stereocenters. The number of aliphatic hydroxyl groups is 1. The molecule has 1 aliphatic heterocycles. The van der Waals surface area contributed by atoms with Gasteiger partial charge in [0.2, 0.25) is 0 Å². The third-order valence-electron chi connectivity index (χ3n) is 7.14. The Morgan fingerprint density at radius 3 is 2.47 bits per heavy atom. The first-order valence-electron chi connectivity index (χ1n) is 12.6. The molecule has 4 nitrogen and oxygen atoms in total. The molecule has 1 fully saturated rings. The molecule has 0 spiro atoms. The Morgan fingerprint density at radius 1 is 1.21 bits per heavy atom. The molecular formula is C29H44ClN3O. The number of rotatable bonds is 9. The Hall–Kier alpha value is -1.59. The molecule has 1 saturated heterocycles. The van der Waals surface area contributed by atoms with Crippen molar-refractivity contribution in [3.63, 3.8) is 0 Å². The fourth-order valence-corrected chi connectivity index (χ4v) is 4.70. The number of fused-ring (bicyclic) bond motifs is 1. The second kappa shape index (κ2) is 10.6. The predicted octanol–water partition coefficient (Wildman–Crippen LogP) is 5.55. The van der Waals surface area contributed by atoms with Crippen molar-refractivity contribution in [1.29, 1.82) is 0 Å². The Labute approximate surface area is 211 Å². The molecule has 1 aromatic carbocycles. The molecular weight excluding hydrogens is 442 g/mol. The van der Waals surface area contributed by atoms with Gasteiger partial charge >= 0.3 is 0 Å². The summed E-state index contributed by atoms with van der Waals surface area (Å²) in [6, 6.07) is 5.43. The maximum absolute atomic E-state index is 10.9. The Kier molecular flexibility index (Phi) is 8.40. The Morgan fingerprint density at radius 2 is 1.91 bits per heavy atom. The van der Waals surface area contributed by atoms with Gasteiger partial charge in [0.25, 0.3) is 0 Å². The quantitative estimate of drug-likeness (QED) is 0.278. The SMILES string of the molecule is C=CC(C)(C)c1[nH]c2c(CC(O)C(C)(C)Cl)cc(CC=C(C)C)cc2c1CC1CNC(C)CN1. The number of nitrogens with one attached hydrogen (secondary N) is 3.